The number of ether oxygens (including phenoxy) is 1. The number of aromatic nitrogens is 1. The molecule has 44 heavy (non-hydrogen) atoms. The van der Waals surface area contributed by atoms with Gasteiger partial charge in [-0.15, -0.1) is 0 Å². The fraction of sp³-hybridized carbons (Fsp3) is 0.424. The predicted molar refractivity (Wildman–Crippen MR) is 164 cm³/mol. The Labute approximate surface area is 256 Å². The monoisotopic (exact) mass is 601 g/mol. The lowest BCUT2D eigenvalue weighted by Crippen LogP contribution is -2.67. The Morgan fingerprint density at radius 1 is 1.09 bits per heavy atom. The third-order valence-electron chi connectivity index (χ3n) is 8.89. The van der Waals surface area contributed by atoms with E-state index in [-0.39, 0.29) is 23.9 Å². The number of piperidine rings is 1. The lowest BCUT2D eigenvalue weighted by molar-refractivity contribution is -0.122. The first-order valence-corrected chi connectivity index (χ1v) is 14.8. The van der Waals surface area contributed by atoms with Crippen LogP contribution in [0.3, 0.4) is 0 Å². The summed E-state index contributed by atoms with van der Waals surface area (Å²) in [6.07, 6.45) is -0.191. The maximum atomic E-state index is 13.7. The van der Waals surface area contributed by atoms with E-state index in [0.29, 0.717) is 30.8 Å². The van der Waals surface area contributed by atoms with Gasteiger partial charge >= 0.3 is 12.1 Å². The number of fused-ring (bicyclic) bond motifs is 1. The van der Waals surface area contributed by atoms with Crippen molar-refractivity contribution in [1.82, 2.24) is 25.8 Å². The largest absolute Gasteiger partial charge is 0.489 e. The number of para-hydroxylation sites is 1. The van der Waals surface area contributed by atoms with E-state index in [1.54, 1.807) is 31.2 Å². The number of carbonyl (C=O) groups is 4. The van der Waals surface area contributed by atoms with Gasteiger partial charge < -0.3 is 25.4 Å². The molecule has 2 aliphatic rings. The van der Waals surface area contributed by atoms with Gasteiger partial charge in [-0.2, -0.15) is 0 Å². The highest BCUT2D eigenvalue weighted by molar-refractivity contribution is 6.05. The van der Waals surface area contributed by atoms with Crippen LogP contribution in [0.2, 0.25) is 0 Å². The fourth-order valence-corrected chi connectivity index (χ4v) is 6.50. The summed E-state index contributed by atoms with van der Waals surface area (Å²) in [5.74, 6) is -0.675. The van der Waals surface area contributed by atoms with Gasteiger partial charge in [0.25, 0.3) is 11.8 Å². The number of hydrogen-bond acceptors (Lipinski definition) is 6. The molecule has 3 heterocycles. The minimum atomic E-state index is -1.20. The summed E-state index contributed by atoms with van der Waals surface area (Å²) < 4.78 is 6.05. The zero-order valence-corrected chi connectivity index (χ0v) is 25.6. The van der Waals surface area contributed by atoms with Crippen molar-refractivity contribution in [3.8, 4) is 5.75 Å². The first-order valence-electron chi connectivity index (χ1n) is 14.8. The molecule has 2 aliphatic heterocycles. The minimum Gasteiger partial charge on any atom is -0.489 e. The summed E-state index contributed by atoms with van der Waals surface area (Å²) in [5, 5.41) is 18.9. The van der Waals surface area contributed by atoms with Gasteiger partial charge in [0, 0.05) is 34.8 Å². The van der Waals surface area contributed by atoms with E-state index in [1.165, 1.54) is 4.90 Å². The summed E-state index contributed by atoms with van der Waals surface area (Å²) in [4.78, 5) is 56.8. The molecule has 5 amide bonds. The zero-order valence-electron chi connectivity index (χ0n) is 25.6. The molecule has 11 nitrogen and oxygen atoms in total. The topological polar surface area (TPSA) is 150 Å². The normalized spacial score (nSPS) is 21.8. The minimum absolute atomic E-state index is 0.244. The van der Waals surface area contributed by atoms with Crippen LogP contribution in [-0.2, 0) is 11.4 Å². The van der Waals surface area contributed by atoms with Crippen molar-refractivity contribution >= 4 is 34.8 Å². The number of carbonyl (C=O) groups excluding carboxylic acids is 3. The second kappa shape index (κ2) is 11.8. The molecule has 5 rings (SSSR count). The fourth-order valence-electron chi connectivity index (χ4n) is 6.50. The number of pyridine rings is 1. The predicted octanol–water partition coefficient (Wildman–Crippen LogP) is 4.62. The number of likely N-dealkylation sites (tertiary alicyclic amines) is 1. The highest BCUT2D eigenvalue weighted by Crippen LogP contribution is 2.40. The lowest BCUT2D eigenvalue weighted by Gasteiger charge is -2.50. The molecule has 2 aromatic carbocycles. The first kappa shape index (κ1) is 30.8. The van der Waals surface area contributed by atoms with Crippen LogP contribution >= 0.6 is 0 Å². The average Bonchev–Trinajstić information content (AvgIpc) is 3.33. The summed E-state index contributed by atoms with van der Waals surface area (Å²) in [6, 6.07) is 14.6. The van der Waals surface area contributed by atoms with Crippen LogP contribution < -0.4 is 20.7 Å². The number of nitrogens with one attached hydrogen (secondary N) is 3. The number of carboxylic acid groups (broad SMARTS) is 1. The van der Waals surface area contributed by atoms with Gasteiger partial charge in [0.2, 0.25) is 0 Å². The van der Waals surface area contributed by atoms with E-state index in [9.17, 15) is 24.3 Å². The molecule has 0 radical (unpaired) electrons. The Balaban J connectivity index is 1.35. The van der Waals surface area contributed by atoms with Crippen LogP contribution in [0.25, 0.3) is 10.9 Å². The third kappa shape index (κ3) is 6.17. The van der Waals surface area contributed by atoms with E-state index >= 15 is 0 Å². The standard InChI is InChI=1S/C33H39N5O6/c1-19-16-21(24-8-6-7-9-25(24)34-19)18-44-23-12-10-20(11-13-23)28(39)37-33(5,27-29(40)36-30(41)35-27)22-14-15-38(31(42)43)26(17-22)32(2,3)4/h6-13,16,22,26-27H,14-15,17-18H2,1-5H3,(H,37,39)(H,42,43)(H2,35,36,40,41). The summed E-state index contributed by atoms with van der Waals surface area (Å²) in [7, 11) is 0. The molecule has 4 unspecified atom stereocenters. The van der Waals surface area contributed by atoms with Gasteiger partial charge in [0.05, 0.1) is 11.1 Å². The van der Waals surface area contributed by atoms with Crippen LogP contribution in [0, 0.1) is 18.3 Å². The molecule has 3 aromatic rings. The second-order valence-electron chi connectivity index (χ2n) is 13.0. The van der Waals surface area contributed by atoms with Crippen molar-refractivity contribution < 1.29 is 29.0 Å². The number of aryl methyl sites for hydroxylation is 1. The van der Waals surface area contributed by atoms with Crippen molar-refractivity contribution in [2.24, 2.45) is 11.3 Å². The van der Waals surface area contributed by atoms with Crippen LogP contribution in [0.5, 0.6) is 5.75 Å². The molecule has 4 atom stereocenters. The molecule has 232 valence electrons. The van der Waals surface area contributed by atoms with Crippen LogP contribution in [0.1, 0.15) is 62.2 Å². The number of nitrogens with zero attached hydrogens (tertiary/aromatic N) is 2. The van der Waals surface area contributed by atoms with E-state index in [4.69, 9.17) is 4.74 Å². The number of imide groups is 1. The quantitative estimate of drug-likeness (QED) is 0.289. The Bertz CT molecular complexity index is 1600. The van der Waals surface area contributed by atoms with E-state index in [0.717, 1.165) is 22.2 Å². The van der Waals surface area contributed by atoms with Gasteiger partial charge in [-0.25, -0.2) is 9.59 Å². The molecule has 0 saturated carbocycles. The van der Waals surface area contributed by atoms with Gasteiger partial charge in [-0.3, -0.25) is 19.9 Å². The molecule has 0 spiro atoms. The number of benzene rings is 2. The van der Waals surface area contributed by atoms with Crippen molar-refractivity contribution in [3.63, 3.8) is 0 Å². The van der Waals surface area contributed by atoms with Crippen LogP contribution in [0.15, 0.2) is 54.6 Å². The third-order valence-corrected chi connectivity index (χ3v) is 8.89. The number of hydrogen-bond donors (Lipinski definition) is 4. The lowest BCUT2D eigenvalue weighted by atomic mass is 9.68. The van der Waals surface area contributed by atoms with Gasteiger partial charge in [-0.1, -0.05) is 39.0 Å². The highest BCUT2D eigenvalue weighted by Gasteiger charge is 2.53. The Morgan fingerprint density at radius 2 is 1.80 bits per heavy atom. The molecule has 2 fully saturated rings. The van der Waals surface area contributed by atoms with Crippen molar-refractivity contribution in [1.29, 1.82) is 0 Å². The molecule has 4 N–H and O–H groups in total. The average molecular weight is 602 g/mol. The maximum Gasteiger partial charge on any atom is 0.407 e. The molecule has 11 heteroatoms. The van der Waals surface area contributed by atoms with Crippen LogP contribution in [0.4, 0.5) is 9.59 Å². The summed E-state index contributed by atoms with van der Waals surface area (Å²) >= 11 is 0. The SMILES string of the molecule is Cc1cc(COc2ccc(C(=O)NC(C)(C3CCN(C(=O)O)C(C(C)(C)C)C3)C3NC(=O)NC3=O)cc2)c2ccccc2n1. The molecule has 0 aliphatic carbocycles. The van der Waals surface area contributed by atoms with Gasteiger partial charge in [0.15, 0.2) is 0 Å². The Hall–Kier alpha value is -4.67. The van der Waals surface area contributed by atoms with Gasteiger partial charge in [-0.05, 0) is 74.4 Å². The molecule has 0 bridgehead atoms. The van der Waals surface area contributed by atoms with Crippen LogP contribution in [-0.4, -0.2) is 63.1 Å². The maximum absolute atomic E-state index is 13.7. The van der Waals surface area contributed by atoms with Crippen molar-refractivity contribution in [3.05, 3.63) is 71.4 Å². The molecular weight excluding hydrogens is 562 g/mol. The number of urea groups is 1. The summed E-state index contributed by atoms with van der Waals surface area (Å²) in [5.41, 5.74) is 1.57. The molecule has 1 aromatic heterocycles. The van der Waals surface area contributed by atoms with Gasteiger partial charge in [0.1, 0.15) is 18.4 Å². The van der Waals surface area contributed by atoms with E-state index in [2.05, 4.69) is 20.9 Å². The Morgan fingerprint density at radius 3 is 2.43 bits per heavy atom. The number of rotatable bonds is 7. The Kier molecular flexibility index (Phi) is 8.24. The van der Waals surface area contributed by atoms with Crippen molar-refractivity contribution in [2.45, 2.75) is 71.7 Å². The van der Waals surface area contributed by atoms with E-state index in [1.807, 2.05) is 58.0 Å². The molecule has 2 saturated heterocycles. The smallest absolute Gasteiger partial charge is 0.407 e. The molecular formula is C33H39N5O6. The first-order chi connectivity index (χ1) is 20.8. The summed E-state index contributed by atoms with van der Waals surface area (Å²) in [6.45, 7) is 10.2. The van der Waals surface area contributed by atoms with E-state index < -0.39 is 35.5 Å². The number of amides is 5. The zero-order chi connectivity index (χ0) is 31.8. The van der Waals surface area contributed by atoms with Crippen molar-refractivity contribution in [2.75, 3.05) is 6.54 Å². The second-order valence-corrected chi connectivity index (χ2v) is 13.0. The highest BCUT2D eigenvalue weighted by atomic mass is 16.5.